The molecule has 4 aliphatic heterocycles. The van der Waals surface area contributed by atoms with E-state index in [9.17, 15) is 0 Å². The van der Waals surface area contributed by atoms with Crippen LogP contribution in [-0.2, 0) is 0 Å². The molecule has 54 heavy (non-hydrogen) atoms. The van der Waals surface area contributed by atoms with Gasteiger partial charge in [-0.2, -0.15) is 0 Å². The third kappa shape index (κ3) is 4.88. The second kappa shape index (κ2) is 12.2. The van der Waals surface area contributed by atoms with Crippen LogP contribution in [0.15, 0.2) is 146 Å². The molecular formula is C47H35BN2O4. The molecule has 4 aliphatic rings. The topological polar surface area (TPSA) is 43.4 Å². The number of hydrogen-bond acceptors (Lipinski definition) is 6. The Labute approximate surface area is 314 Å². The zero-order chi connectivity index (χ0) is 35.8. The largest absolute Gasteiger partial charge is 0.486 e. The van der Waals surface area contributed by atoms with Gasteiger partial charge in [0.2, 0.25) is 0 Å². The highest BCUT2D eigenvalue weighted by Crippen LogP contribution is 2.48. The average Bonchev–Trinajstić information content (AvgIpc) is 3.23. The van der Waals surface area contributed by atoms with Crippen LogP contribution in [0.25, 0.3) is 22.3 Å². The van der Waals surface area contributed by atoms with Gasteiger partial charge in [0.05, 0.1) is 11.4 Å². The number of fused-ring (bicyclic) bond motifs is 6. The fourth-order valence-corrected chi connectivity index (χ4v) is 8.66. The van der Waals surface area contributed by atoms with Gasteiger partial charge in [0, 0.05) is 34.9 Å². The van der Waals surface area contributed by atoms with Crippen LogP contribution >= 0.6 is 0 Å². The highest BCUT2D eigenvalue weighted by atomic mass is 16.6. The Morgan fingerprint density at radius 2 is 0.852 bits per heavy atom. The normalized spacial score (nSPS) is 14.6. The number of anilines is 6. The summed E-state index contributed by atoms with van der Waals surface area (Å²) in [5, 5.41) is 0. The number of ether oxygens (including phenoxy) is 4. The van der Waals surface area contributed by atoms with Gasteiger partial charge in [-0.1, -0.05) is 84.9 Å². The van der Waals surface area contributed by atoms with Crippen molar-refractivity contribution < 1.29 is 18.9 Å². The van der Waals surface area contributed by atoms with E-state index in [0.717, 1.165) is 57.1 Å². The predicted octanol–water partition coefficient (Wildman–Crippen LogP) is 8.95. The maximum Gasteiger partial charge on any atom is 0.252 e. The Morgan fingerprint density at radius 3 is 1.31 bits per heavy atom. The summed E-state index contributed by atoms with van der Waals surface area (Å²) < 4.78 is 24.2. The van der Waals surface area contributed by atoms with Crippen LogP contribution in [0.4, 0.5) is 34.1 Å². The minimum atomic E-state index is -0.0464. The van der Waals surface area contributed by atoms with Crippen LogP contribution in [0.2, 0.25) is 0 Å². The van der Waals surface area contributed by atoms with Gasteiger partial charge >= 0.3 is 0 Å². The summed E-state index contributed by atoms with van der Waals surface area (Å²) in [4.78, 5) is 4.83. The third-order valence-corrected chi connectivity index (χ3v) is 11.0. The quantitative estimate of drug-likeness (QED) is 0.171. The lowest BCUT2D eigenvalue weighted by Crippen LogP contribution is -2.61. The summed E-state index contributed by atoms with van der Waals surface area (Å²) >= 11 is 0. The summed E-state index contributed by atoms with van der Waals surface area (Å²) in [5.74, 6) is 3.08. The molecule has 6 nitrogen and oxygen atoms in total. The van der Waals surface area contributed by atoms with Gasteiger partial charge in [0.15, 0.2) is 23.0 Å². The summed E-state index contributed by atoms with van der Waals surface area (Å²) in [6.45, 7) is 4.30. The maximum atomic E-state index is 6.15. The van der Waals surface area contributed by atoms with Crippen LogP contribution in [0.1, 0.15) is 5.56 Å². The van der Waals surface area contributed by atoms with Gasteiger partial charge in [-0.3, -0.25) is 0 Å². The molecule has 0 fully saturated rings. The van der Waals surface area contributed by atoms with E-state index in [1.165, 1.54) is 44.2 Å². The smallest absolute Gasteiger partial charge is 0.252 e. The molecule has 260 valence electrons. The van der Waals surface area contributed by atoms with Crippen molar-refractivity contribution in [2.45, 2.75) is 6.92 Å². The van der Waals surface area contributed by atoms with E-state index in [1.54, 1.807) is 0 Å². The second-order valence-electron chi connectivity index (χ2n) is 14.3. The monoisotopic (exact) mass is 702 g/mol. The fourth-order valence-electron chi connectivity index (χ4n) is 8.66. The van der Waals surface area contributed by atoms with E-state index in [2.05, 4.69) is 150 Å². The summed E-state index contributed by atoms with van der Waals surface area (Å²) in [5.41, 5.74) is 16.3. The number of aryl methyl sites for hydroxylation is 1. The molecular weight excluding hydrogens is 667 g/mol. The minimum Gasteiger partial charge on any atom is -0.486 e. The van der Waals surface area contributed by atoms with Gasteiger partial charge in [-0.15, -0.1) is 0 Å². The van der Waals surface area contributed by atoms with Gasteiger partial charge < -0.3 is 28.7 Å². The molecule has 7 heteroatoms. The molecule has 0 aliphatic carbocycles. The average molecular weight is 703 g/mol. The fraction of sp³-hybridized carbons (Fsp3) is 0.106. The van der Waals surface area contributed by atoms with Crippen molar-refractivity contribution in [1.82, 2.24) is 0 Å². The lowest BCUT2D eigenvalue weighted by molar-refractivity contribution is 0.171. The summed E-state index contributed by atoms with van der Waals surface area (Å²) in [7, 11) is 0. The summed E-state index contributed by atoms with van der Waals surface area (Å²) in [6, 6.07) is 52.6. The lowest BCUT2D eigenvalue weighted by Gasteiger charge is -2.44. The number of benzene rings is 7. The third-order valence-electron chi connectivity index (χ3n) is 11.0. The maximum absolute atomic E-state index is 6.15. The molecule has 0 amide bonds. The van der Waals surface area contributed by atoms with Crippen molar-refractivity contribution in [2.24, 2.45) is 0 Å². The standard InChI is InChI=1S/C47H35BN2O4/c1-30-24-41-47-42(25-30)50(36-15-19-44-46(29-36)54-23-21-52-44)40-17-13-34(32-10-6-3-7-11-32)27-38(40)48(47)37-26-33(31-8-4-2-5-9-31)12-16-39(37)49(41)35-14-18-43-45(28-35)53-22-20-51-43/h2-19,24-29H,20-23H2,1H3. The molecule has 7 aromatic rings. The van der Waals surface area contributed by atoms with Gasteiger partial charge in [0.1, 0.15) is 26.4 Å². The number of nitrogens with zero attached hydrogens (tertiary/aromatic N) is 2. The predicted molar refractivity (Wildman–Crippen MR) is 218 cm³/mol. The first-order valence-electron chi connectivity index (χ1n) is 18.6. The SMILES string of the molecule is Cc1cc2c3c(c1)N(c1ccc4c(c1)OCCO4)c1ccc(-c4ccccc4)cc1B3c1cc(-c3ccccc3)ccc1N2c1ccc2c(c1)OCCO2. The molecule has 0 unspecified atom stereocenters. The van der Waals surface area contributed by atoms with E-state index in [0.29, 0.717) is 26.4 Å². The van der Waals surface area contributed by atoms with Crippen molar-refractivity contribution >= 4 is 57.2 Å². The zero-order valence-corrected chi connectivity index (χ0v) is 29.8. The van der Waals surface area contributed by atoms with E-state index in [1.807, 2.05) is 12.1 Å². The van der Waals surface area contributed by atoms with Crippen LogP contribution < -0.4 is 45.1 Å². The van der Waals surface area contributed by atoms with E-state index in [4.69, 9.17) is 18.9 Å². The van der Waals surface area contributed by atoms with Crippen molar-refractivity contribution in [3.63, 3.8) is 0 Å². The second-order valence-corrected chi connectivity index (χ2v) is 14.3. The van der Waals surface area contributed by atoms with Crippen LogP contribution in [-0.4, -0.2) is 33.1 Å². The molecule has 11 rings (SSSR count). The van der Waals surface area contributed by atoms with Crippen LogP contribution in [0, 0.1) is 6.92 Å². The highest BCUT2D eigenvalue weighted by Gasteiger charge is 2.44. The van der Waals surface area contributed by atoms with Gasteiger partial charge in [-0.05, 0) is 99.7 Å². The Kier molecular flexibility index (Phi) is 7.02. The van der Waals surface area contributed by atoms with Crippen molar-refractivity contribution in [1.29, 1.82) is 0 Å². The van der Waals surface area contributed by atoms with E-state index in [-0.39, 0.29) is 6.71 Å². The molecule has 0 N–H and O–H groups in total. The van der Waals surface area contributed by atoms with Crippen LogP contribution in [0.3, 0.4) is 0 Å². The zero-order valence-electron chi connectivity index (χ0n) is 29.8. The van der Waals surface area contributed by atoms with Crippen molar-refractivity contribution in [3.05, 3.63) is 151 Å². The minimum absolute atomic E-state index is 0.0464. The number of rotatable bonds is 4. The number of hydrogen-bond donors (Lipinski definition) is 0. The Bertz CT molecular complexity index is 2440. The molecule has 7 aromatic carbocycles. The first-order chi connectivity index (χ1) is 26.7. The molecule has 0 aromatic heterocycles. The van der Waals surface area contributed by atoms with Crippen molar-refractivity contribution in [3.8, 4) is 45.3 Å². The molecule has 0 saturated carbocycles. The first-order valence-corrected chi connectivity index (χ1v) is 18.6. The van der Waals surface area contributed by atoms with Gasteiger partial charge in [0.25, 0.3) is 6.71 Å². The van der Waals surface area contributed by atoms with E-state index >= 15 is 0 Å². The van der Waals surface area contributed by atoms with Crippen molar-refractivity contribution in [2.75, 3.05) is 36.2 Å². The molecule has 0 atom stereocenters. The first kappa shape index (κ1) is 31.0. The van der Waals surface area contributed by atoms with Crippen LogP contribution in [0.5, 0.6) is 23.0 Å². The Balaban J connectivity index is 1.21. The Morgan fingerprint density at radius 1 is 0.407 bits per heavy atom. The highest BCUT2D eigenvalue weighted by molar-refractivity contribution is 7.00. The van der Waals surface area contributed by atoms with Gasteiger partial charge in [-0.25, -0.2) is 0 Å². The molecule has 0 radical (unpaired) electrons. The summed E-state index contributed by atoms with van der Waals surface area (Å²) in [6.07, 6.45) is 0. The lowest BCUT2D eigenvalue weighted by atomic mass is 9.33. The molecule has 0 spiro atoms. The molecule has 4 heterocycles. The Hall–Kier alpha value is -6.60. The molecule has 0 saturated heterocycles. The van der Waals surface area contributed by atoms with E-state index < -0.39 is 0 Å². The molecule has 0 bridgehead atoms.